The molecule has 0 aliphatic carbocycles. The van der Waals surface area contributed by atoms with E-state index in [4.69, 9.17) is 0 Å². The van der Waals surface area contributed by atoms with Crippen LogP contribution in [-0.4, -0.2) is 43.9 Å². The van der Waals surface area contributed by atoms with Crippen LogP contribution in [0.4, 0.5) is 14.5 Å². The van der Waals surface area contributed by atoms with Gasteiger partial charge in [-0.25, -0.2) is 18.6 Å². The molecule has 0 bridgehead atoms. The first-order chi connectivity index (χ1) is 16.2. The van der Waals surface area contributed by atoms with Crippen molar-refractivity contribution in [3.8, 4) is 0 Å². The third-order valence-corrected chi connectivity index (χ3v) is 5.80. The minimum absolute atomic E-state index is 0.0307. The molecule has 0 spiro atoms. The van der Waals surface area contributed by atoms with Crippen molar-refractivity contribution in [1.29, 1.82) is 0 Å². The summed E-state index contributed by atoms with van der Waals surface area (Å²) in [6, 6.07) is 4.03. The van der Waals surface area contributed by atoms with Crippen molar-refractivity contribution < 1.29 is 18.4 Å². The van der Waals surface area contributed by atoms with E-state index in [0.717, 1.165) is 42.0 Å². The number of hydrogen-bond acceptors (Lipinski definition) is 5. The molecule has 2 amide bonds. The van der Waals surface area contributed by atoms with Gasteiger partial charge in [0.1, 0.15) is 23.8 Å². The highest BCUT2D eigenvalue weighted by Gasteiger charge is 2.25. The predicted octanol–water partition coefficient (Wildman–Crippen LogP) is 1.95. The molecule has 3 aromatic rings. The minimum atomic E-state index is -0.910. The molecule has 1 aliphatic rings. The number of pyridine rings is 1. The summed E-state index contributed by atoms with van der Waals surface area (Å²) in [6.07, 6.45) is 2.72. The molecule has 3 heterocycles. The maximum atomic E-state index is 13.9. The van der Waals surface area contributed by atoms with E-state index in [0.29, 0.717) is 23.4 Å². The van der Waals surface area contributed by atoms with Crippen LogP contribution < -0.4 is 16.6 Å². The van der Waals surface area contributed by atoms with Crippen molar-refractivity contribution in [2.75, 3.05) is 18.4 Å². The standard InChI is InChI=1S/C23H23F2N5O4/c1-13-10-15(21(32)29-8-4-3-5-9-29)19-20(26-13)28(2)23(34)30(22(19)33)12-18(31)27-17-11-14(24)6-7-16(17)25/h6-7,10-11H,3-5,8-9,12H2,1-2H3,(H,27,31). The fourth-order valence-electron chi connectivity index (χ4n) is 4.11. The molecule has 4 rings (SSSR count). The van der Waals surface area contributed by atoms with Crippen molar-refractivity contribution in [3.05, 3.63) is 68.0 Å². The van der Waals surface area contributed by atoms with E-state index in [9.17, 15) is 28.0 Å². The lowest BCUT2D eigenvalue weighted by molar-refractivity contribution is -0.116. The fourth-order valence-corrected chi connectivity index (χ4v) is 4.11. The van der Waals surface area contributed by atoms with Gasteiger partial charge in [0.15, 0.2) is 0 Å². The van der Waals surface area contributed by atoms with E-state index in [-0.39, 0.29) is 22.5 Å². The van der Waals surface area contributed by atoms with Crippen LogP contribution in [0.5, 0.6) is 0 Å². The number of carbonyl (C=O) groups excluding carboxylic acids is 2. The van der Waals surface area contributed by atoms with Crippen LogP contribution >= 0.6 is 0 Å². The number of amides is 2. The van der Waals surface area contributed by atoms with Crippen LogP contribution in [0, 0.1) is 18.6 Å². The Hall–Kier alpha value is -3.89. The average molecular weight is 471 g/mol. The highest BCUT2D eigenvalue weighted by Crippen LogP contribution is 2.19. The number of fused-ring (bicyclic) bond motifs is 1. The summed E-state index contributed by atoms with van der Waals surface area (Å²) in [6.45, 7) is 2.01. The molecule has 34 heavy (non-hydrogen) atoms. The van der Waals surface area contributed by atoms with Crippen LogP contribution in [0.2, 0.25) is 0 Å². The van der Waals surface area contributed by atoms with Gasteiger partial charge in [-0.1, -0.05) is 0 Å². The van der Waals surface area contributed by atoms with E-state index in [2.05, 4.69) is 10.3 Å². The number of rotatable bonds is 4. The zero-order chi connectivity index (χ0) is 24.6. The molecule has 178 valence electrons. The molecule has 1 saturated heterocycles. The largest absolute Gasteiger partial charge is 0.339 e. The molecule has 1 fully saturated rings. The van der Waals surface area contributed by atoms with Crippen molar-refractivity contribution in [3.63, 3.8) is 0 Å². The van der Waals surface area contributed by atoms with Crippen LogP contribution in [0.1, 0.15) is 35.3 Å². The lowest BCUT2D eigenvalue weighted by Gasteiger charge is -2.27. The number of aromatic nitrogens is 3. The van der Waals surface area contributed by atoms with Crippen molar-refractivity contribution in [2.45, 2.75) is 32.7 Å². The summed E-state index contributed by atoms with van der Waals surface area (Å²) in [5, 5.41) is 2.09. The Bertz CT molecular complexity index is 1420. The number of halogens is 2. The lowest BCUT2D eigenvalue weighted by atomic mass is 10.1. The lowest BCUT2D eigenvalue weighted by Crippen LogP contribution is -2.43. The maximum absolute atomic E-state index is 13.9. The molecule has 1 aromatic carbocycles. The quantitative estimate of drug-likeness (QED) is 0.626. The Balaban J connectivity index is 1.79. The van der Waals surface area contributed by atoms with Gasteiger partial charge < -0.3 is 10.2 Å². The van der Waals surface area contributed by atoms with Crippen LogP contribution in [0.3, 0.4) is 0 Å². The second-order valence-corrected chi connectivity index (χ2v) is 8.27. The van der Waals surface area contributed by atoms with Gasteiger partial charge >= 0.3 is 5.69 Å². The third kappa shape index (κ3) is 4.33. The Morgan fingerprint density at radius 3 is 2.50 bits per heavy atom. The highest BCUT2D eigenvalue weighted by atomic mass is 19.1. The van der Waals surface area contributed by atoms with Gasteiger partial charge in [-0.2, -0.15) is 0 Å². The number of likely N-dealkylation sites (tertiary alicyclic amines) is 1. The van der Waals surface area contributed by atoms with Gasteiger partial charge in [0.2, 0.25) is 5.91 Å². The van der Waals surface area contributed by atoms with Crippen molar-refractivity contribution in [1.82, 2.24) is 19.0 Å². The highest BCUT2D eigenvalue weighted by molar-refractivity contribution is 6.05. The van der Waals surface area contributed by atoms with Gasteiger partial charge in [0.25, 0.3) is 11.5 Å². The van der Waals surface area contributed by atoms with E-state index in [1.54, 1.807) is 11.8 Å². The zero-order valence-corrected chi connectivity index (χ0v) is 18.7. The summed E-state index contributed by atoms with van der Waals surface area (Å²) in [5.74, 6) is -2.89. The Morgan fingerprint density at radius 1 is 1.09 bits per heavy atom. The fraction of sp³-hybridized carbons (Fsp3) is 0.348. The van der Waals surface area contributed by atoms with Gasteiger partial charge in [0.05, 0.1) is 16.6 Å². The summed E-state index contributed by atoms with van der Waals surface area (Å²) in [7, 11) is 1.38. The summed E-state index contributed by atoms with van der Waals surface area (Å²) >= 11 is 0. The summed E-state index contributed by atoms with van der Waals surface area (Å²) < 4.78 is 29.0. The first kappa shape index (κ1) is 23.3. The first-order valence-electron chi connectivity index (χ1n) is 10.8. The molecule has 0 atom stereocenters. The number of benzene rings is 1. The number of hydrogen-bond donors (Lipinski definition) is 1. The van der Waals surface area contributed by atoms with Crippen LogP contribution in [-0.2, 0) is 18.4 Å². The average Bonchev–Trinajstić information content (AvgIpc) is 2.82. The Morgan fingerprint density at radius 2 is 1.79 bits per heavy atom. The number of nitrogens with zero attached hydrogens (tertiary/aromatic N) is 4. The topological polar surface area (TPSA) is 106 Å². The number of nitrogens with one attached hydrogen (secondary N) is 1. The minimum Gasteiger partial charge on any atom is -0.339 e. The van der Waals surface area contributed by atoms with Gasteiger partial charge in [0, 0.05) is 31.9 Å². The maximum Gasteiger partial charge on any atom is 0.332 e. The SMILES string of the molecule is Cc1cc(C(=O)N2CCCCC2)c2c(=O)n(CC(=O)Nc3cc(F)ccc3F)c(=O)n(C)c2n1. The van der Waals surface area contributed by atoms with Gasteiger partial charge in [-0.05, 0) is 44.4 Å². The van der Waals surface area contributed by atoms with E-state index in [1.807, 2.05) is 0 Å². The summed E-state index contributed by atoms with van der Waals surface area (Å²) in [5.41, 5.74) is -1.52. The number of piperidine rings is 1. The number of anilines is 1. The Labute approximate surface area is 192 Å². The zero-order valence-electron chi connectivity index (χ0n) is 18.7. The van der Waals surface area contributed by atoms with Gasteiger partial charge in [-0.3, -0.25) is 23.5 Å². The van der Waals surface area contributed by atoms with Crippen LogP contribution in [0.15, 0.2) is 33.9 Å². The monoisotopic (exact) mass is 471 g/mol. The molecule has 11 heteroatoms. The number of aryl methyl sites for hydroxylation is 2. The molecular weight excluding hydrogens is 448 g/mol. The molecule has 0 saturated carbocycles. The number of carbonyl (C=O) groups is 2. The molecule has 2 aromatic heterocycles. The van der Waals surface area contributed by atoms with E-state index in [1.165, 1.54) is 13.1 Å². The molecule has 0 unspecified atom stereocenters. The smallest absolute Gasteiger partial charge is 0.332 e. The van der Waals surface area contributed by atoms with Crippen LogP contribution in [0.25, 0.3) is 11.0 Å². The van der Waals surface area contributed by atoms with E-state index >= 15 is 0 Å². The predicted molar refractivity (Wildman–Crippen MR) is 121 cm³/mol. The molecule has 0 radical (unpaired) electrons. The van der Waals surface area contributed by atoms with Crippen molar-refractivity contribution in [2.24, 2.45) is 7.05 Å². The molecular formula is C23H23F2N5O4. The second kappa shape index (κ2) is 9.16. The third-order valence-electron chi connectivity index (χ3n) is 5.80. The first-order valence-corrected chi connectivity index (χ1v) is 10.8. The Kier molecular flexibility index (Phi) is 6.27. The molecule has 9 nitrogen and oxygen atoms in total. The molecule has 1 aliphatic heterocycles. The summed E-state index contributed by atoms with van der Waals surface area (Å²) in [4.78, 5) is 58.0. The van der Waals surface area contributed by atoms with Crippen molar-refractivity contribution >= 4 is 28.5 Å². The van der Waals surface area contributed by atoms with E-state index < -0.39 is 41.0 Å². The molecule has 1 N–H and O–H groups in total. The van der Waals surface area contributed by atoms with Gasteiger partial charge in [-0.15, -0.1) is 0 Å². The second-order valence-electron chi connectivity index (χ2n) is 8.27. The normalized spacial score (nSPS) is 13.8.